The smallest absolute Gasteiger partial charge is 0.225 e. The molecule has 1 fully saturated rings. The van der Waals surface area contributed by atoms with Gasteiger partial charge in [0.15, 0.2) is 0 Å². The molecule has 20 heavy (non-hydrogen) atoms. The molecule has 0 radical (unpaired) electrons. The Bertz CT molecular complexity index is 470. The van der Waals surface area contributed by atoms with Crippen LogP contribution in [-0.4, -0.2) is 42.5 Å². The van der Waals surface area contributed by atoms with E-state index in [9.17, 15) is 4.79 Å². The standard InChI is InChI=1S/C15H23N3O2/c1-11-4-7-14(20-9-8-15(19)18(2)3)13(17-11)10-16-12-5-6-12/h4,7,12,16H,5-6,8-10H2,1-3H3. The lowest BCUT2D eigenvalue weighted by Gasteiger charge is -2.13. The topological polar surface area (TPSA) is 54.5 Å². The van der Waals surface area contributed by atoms with Crippen molar-refractivity contribution in [2.45, 2.75) is 38.8 Å². The van der Waals surface area contributed by atoms with Gasteiger partial charge in [0.25, 0.3) is 0 Å². The summed E-state index contributed by atoms with van der Waals surface area (Å²) in [5.74, 6) is 0.845. The fourth-order valence-electron chi connectivity index (χ4n) is 1.86. The average Bonchev–Trinajstić information content (AvgIpc) is 3.22. The first kappa shape index (κ1) is 14.8. The lowest BCUT2D eigenvalue weighted by atomic mass is 10.2. The molecule has 1 amide bonds. The Morgan fingerprint density at radius 2 is 2.20 bits per heavy atom. The van der Waals surface area contributed by atoms with E-state index in [2.05, 4.69) is 10.3 Å². The lowest BCUT2D eigenvalue weighted by molar-refractivity contribution is -0.129. The maximum absolute atomic E-state index is 11.5. The third-order valence-corrected chi connectivity index (χ3v) is 3.28. The third-order valence-electron chi connectivity index (χ3n) is 3.28. The summed E-state index contributed by atoms with van der Waals surface area (Å²) < 4.78 is 5.72. The third kappa shape index (κ3) is 4.49. The van der Waals surface area contributed by atoms with Gasteiger partial charge in [0, 0.05) is 32.4 Å². The molecular weight excluding hydrogens is 254 g/mol. The maximum atomic E-state index is 11.5. The molecule has 110 valence electrons. The molecule has 2 rings (SSSR count). The van der Waals surface area contributed by atoms with Gasteiger partial charge in [-0.05, 0) is 31.9 Å². The fraction of sp³-hybridized carbons (Fsp3) is 0.600. The van der Waals surface area contributed by atoms with Crippen LogP contribution in [0.3, 0.4) is 0 Å². The Morgan fingerprint density at radius 1 is 1.45 bits per heavy atom. The van der Waals surface area contributed by atoms with Crippen LogP contribution in [0.2, 0.25) is 0 Å². The molecule has 1 N–H and O–H groups in total. The molecule has 1 saturated carbocycles. The Balaban J connectivity index is 1.89. The summed E-state index contributed by atoms with van der Waals surface area (Å²) in [4.78, 5) is 17.6. The van der Waals surface area contributed by atoms with Crippen molar-refractivity contribution in [2.24, 2.45) is 0 Å². The van der Waals surface area contributed by atoms with Crippen molar-refractivity contribution < 1.29 is 9.53 Å². The van der Waals surface area contributed by atoms with Crippen LogP contribution < -0.4 is 10.1 Å². The molecule has 0 bridgehead atoms. The number of rotatable bonds is 7. The predicted octanol–water partition coefficient (Wildman–Crippen LogP) is 1.50. The van der Waals surface area contributed by atoms with Gasteiger partial charge in [0.05, 0.1) is 18.7 Å². The van der Waals surface area contributed by atoms with Crippen LogP contribution in [0.15, 0.2) is 12.1 Å². The second-order valence-electron chi connectivity index (χ2n) is 5.44. The minimum Gasteiger partial charge on any atom is -0.491 e. The first-order valence-corrected chi connectivity index (χ1v) is 7.09. The number of amides is 1. The van der Waals surface area contributed by atoms with Gasteiger partial charge in [0.2, 0.25) is 5.91 Å². The molecular formula is C15H23N3O2. The Hall–Kier alpha value is -1.62. The van der Waals surface area contributed by atoms with Crippen LogP contribution >= 0.6 is 0 Å². The van der Waals surface area contributed by atoms with Crippen LogP contribution in [0.1, 0.15) is 30.7 Å². The summed E-state index contributed by atoms with van der Waals surface area (Å²) in [7, 11) is 3.50. The van der Waals surface area contributed by atoms with E-state index >= 15 is 0 Å². The molecule has 1 aromatic rings. The quantitative estimate of drug-likeness (QED) is 0.820. The zero-order valence-electron chi connectivity index (χ0n) is 12.5. The molecule has 5 heteroatoms. The molecule has 5 nitrogen and oxygen atoms in total. The average molecular weight is 277 g/mol. The molecule has 1 aliphatic carbocycles. The number of carbonyl (C=O) groups excluding carboxylic acids is 1. The van der Waals surface area contributed by atoms with Crippen LogP contribution in [0.5, 0.6) is 5.75 Å². The van der Waals surface area contributed by atoms with E-state index < -0.39 is 0 Å². The molecule has 1 aliphatic rings. The summed E-state index contributed by atoms with van der Waals surface area (Å²) in [6, 6.07) is 4.51. The van der Waals surface area contributed by atoms with Gasteiger partial charge in [-0.25, -0.2) is 0 Å². The first-order chi connectivity index (χ1) is 9.56. The molecule has 1 aromatic heterocycles. The van der Waals surface area contributed by atoms with Crippen molar-refractivity contribution in [3.8, 4) is 5.75 Å². The molecule has 1 heterocycles. The van der Waals surface area contributed by atoms with Crippen molar-refractivity contribution in [3.05, 3.63) is 23.5 Å². The number of carbonyl (C=O) groups is 1. The number of nitrogens with zero attached hydrogens (tertiary/aromatic N) is 2. The monoisotopic (exact) mass is 277 g/mol. The summed E-state index contributed by atoms with van der Waals surface area (Å²) in [6.45, 7) is 3.08. The van der Waals surface area contributed by atoms with Crippen LogP contribution in [0, 0.1) is 6.92 Å². The zero-order valence-corrected chi connectivity index (χ0v) is 12.5. The van der Waals surface area contributed by atoms with Crippen LogP contribution in [0.25, 0.3) is 0 Å². The van der Waals surface area contributed by atoms with Gasteiger partial charge in [-0.1, -0.05) is 0 Å². The number of ether oxygens (including phenoxy) is 1. The van der Waals surface area contributed by atoms with E-state index in [1.165, 1.54) is 12.8 Å². The number of hydrogen-bond donors (Lipinski definition) is 1. The number of aryl methyl sites for hydroxylation is 1. The fourth-order valence-corrected chi connectivity index (χ4v) is 1.86. The van der Waals surface area contributed by atoms with E-state index in [1.54, 1.807) is 19.0 Å². The summed E-state index contributed by atoms with van der Waals surface area (Å²) in [6.07, 6.45) is 2.88. The molecule has 0 spiro atoms. The number of pyridine rings is 1. The highest BCUT2D eigenvalue weighted by Gasteiger charge is 2.21. The zero-order chi connectivity index (χ0) is 14.5. The normalized spacial score (nSPS) is 14.2. The predicted molar refractivity (Wildman–Crippen MR) is 77.6 cm³/mol. The maximum Gasteiger partial charge on any atom is 0.225 e. The first-order valence-electron chi connectivity index (χ1n) is 7.09. The Labute approximate surface area is 120 Å². The van der Waals surface area contributed by atoms with Crippen LogP contribution in [-0.2, 0) is 11.3 Å². The highest BCUT2D eigenvalue weighted by atomic mass is 16.5. The van der Waals surface area contributed by atoms with Gasteiger partial charge >= 0.3 is 0 Å². The van der Waals surface area contributed by atoms with Crippen molar-refractivity contribution in [3.63, 3.8) is 0 Å². The van der Waals surface area contributed by atoms with E-state index in [-0.39, 0.29) is 5.91 Å². The summed E-state index contributed by atoms with van der Waals surface area (Å²) in [5.41, 5.74) is 1.91. The Morgan fingerprint density at radius 3 is 2.85 bits per heavy atom. The largest absolute Gasteiger partial charge is 0.491 e. The van der Waals surface area contributed by atoms with Gasteiger partial charge in [0.1, 0.15) is 5.75 Å². The van der Waals surface area contributed by atoms with Gasteiger partial charge in [-0.2, -0.15) is 0 Å². The number of nitrogens with one attached hydrogen (secondary N) is 1. The van der Waals surface area contributed by atoms with E-state index in [4.69, 9.17) is 4.74 Å². The van der Waals surface area contributed by atoms with Gasteiger partial charge in [-0.15, -0.1) is 0 Å². The lowest BCUT2D eigenvalue weighted by Crippen LogP contribution is -2.23. The molecule has 0 aliphatic heterocycles. The van der Waals surface area contributed by atoms with E-state index in [1.807, 2.05) is 19.1 Å². The summed E-state index contributed by atoms with van der Waals surface area (Å²) in [5, 5.41) is 3.44. The van der Waals surface area contributed by atoms with Crippen molar-refractivity contribution >= 4 is 5.91 Å². The van der Waals surface area contributed by atoms with Crippen molar-refractivity contribution in [1.82, 2.24) is 15.2 Å². The molecule has 0 aromatic carbocycles. The second kappa shape index (κ2) is 6.70. The highest BCUT2D eigenvalue weighted by Crippen LogP contribution is 2.22. The van der Waals surface area contributed by atoms with Crippen molar-refractivity contribution in [1.29, 1.82) is 0 Å². The van der Waals surface area contributed by atoms with Crippen molar-refractivity contribution in [2.75, 3.05) is 20.7 Å². The highest BCUT2D eigenvalue weighted by molar-refractivity contribution is 5.75. The Kier molecular flexibility index (Phi) is 4.95. The van der Waals surface area contributed by atoms with Crippen LogP contribution in [0.4, 0.5) is 0 Å². The molecule has 0 saturated heterocycles. The van der Waals surface area contributed by atoms with E-state index in [0.717, 1.165) is 23.7 Å². The minimum absolute atomic E-state index is 0.0720. The number of hydrogen-bond acceptors (Lipinski definition) is 4. The minimum atomic E-state index is 0.0720. The molecule has 0 unspecified atom stereocenters. The molecule has 0 atom stereocenters. The van der Waals surface area contributed by atoms with Gasteiger partial charge in [-0.3, -0.25) is 9.78 Å². The summed E-state index contributed by atoms with van der Waals surface area (Å²) >= 11 is 0. The number of aromatic nitrogens is 1. The van der Waals surface area contributed by atoms with Gasteiger partial charge < -0.3 is 15.0 Å². The SMILES string of the molecule is Cc1ccc(OCCC(=O)N(C)C)c(CNC2CC2)n1. The van der Waals surface area contributed by atoms with E-state index in [0.29, 0.717) is 19.1 Å². The second-order valence-corrected chi connectivity index (χ2v) is 5.44.